The zero-order valence-corrected chi connectivity index (χ0v) is 8.55. The lowest BCUT2D eigenvalue weighted by Crippen LogP contribution is -2.03. The topological polar surface area (TPSA) is 12.0 Å². The molecular formula is C9H10IN. The van der Waals surface area contributed by atoms with Crippen LogP contribution in [0.3, 0.4) is 0 Å². The Morgan fingerprint density at radius 2 is 2.09 bits per heavy atom. The molecule has 0 saturated carbocycles. The molecule has 0 aliphatic rings. The fourth-order valence-electron chi connectivity index (χ4n) is 0.841. The fraction of sp³-hybridized carbons (Fsp3) is 0.111. The largest absolute Gasteiger partial charge is 0.388 e. The first kappa shape index (κ1) is 8.59. The Labute approximate surface area is 80.6 Å². The van der Waals surface area contributed by atoms with Crippen molar-refractivity contribution in [3.05, 3.63) is 40.0 Å². The molecule has 0 radical (unpaired) electrons. The highest BCUT2D eigenvalue weighted by Crippen LogP contribution is 2.16. The quantitative estimate of drug-likeness (QED) is 0.804. The van der Waals surface area contributed by atoms with E-state index in [0.29, 0.717) is 0 Å². The first-order chi connectivity index (χ1) is 5.25. The van der Waals surface area contributed by atoms with E-state index in [-0.39, 0.29) is 0 Å². The molecule has 2 heteroatoms. The summed E-state index contributed by atoms with van der Waals surface area (Å²) < 4.78 is 1.23. The number of hydrogen-bond acceptors (Lipinski definition) is 1. The van der Waals surface area contributed by atoms with Gasteiger partial charge < -0.3 is 5.32 Å². The molecule has 0 saturated heterocycles. The minimum Gasteiger partial charge on any atom is -0.388 e. The standard InChI is InChI=1S/C9H10IN/c1-7(11-2)8-5-3-4-6-9(8)10/h3-6,11H,1H2,2H3. The second-order valence-corrected chi connectivity index (χ2v) is 3.37. The number of hydrogen-bond donors (Lipinski definition) is 1. The van der Waals surface area contributed by atoms with Crippen molar-refractivity contribution in [1.82, 2.24) is 5.32 Å². The van der Waals surface area contributed by atoms with E-state index in [1.165, 1.54) is 9.13 Å². The lowest BCUT2D eigenvalue weighted by molar-refractivity contribution is 1.13. The summed E-state index contributed by atoms with van der Waals surface area (Å²) in [7, 11) is 1.88. The Bertz CT molecular complexity index is 268. The van der Waals surface area contributed by atoms with E-state index in [1.54, 1.807) is 0 Å². The van der Waals surface area contributed by atoms with Gasteiger partial charge in [0.2, 0.25) is 0 Å². The van der Waals surface area contributed by atoms with Crippen LogP contribution in [0.1, 0.15) is 5.56 Å². The Hall–Kier alpha value is -0.510. The number of halogens is 1. The maximum absolute atomic E-state index is 3.89. The molecule has 0 aliphatic carbocycles. The van der Waals surface area contributed by atoms with Gasteiger partial charge in [-0.2, -0.15) is 0 Å². The summed E-state index contributed by atoms with van der Waals surface area (Å²) in [5.74, 6) is 0. The van der Waals surface area contributed by atoms with Crippen molar-refractivity contribution in [2.45, 2.75) is 0 Å². The van der Waals surface area contributed by atoms with Crippen molar-refractivity contribution in [2.75, 3.05) is 7.05 Å². The number of rotatable bonds is 2. The van der Waals surface area contributed by atoms with Gasteiger partial charge in [-0.25, -0.2) is 0 Å². The third kappa shape index (κ3) is 1.96. The van der Waals surface area contributed by atoms with Crippen LogP contribution in [0.4, 0.5) is 0 Å². The van der Waals surface area contributed by atoms with E-state index < -0.39 is 0 Å². The molecule has 0 atom stereocenters. The Morgan fingerprint density at radius 3 is 2.64 bits per heavy atom. The van der Waals surface area contributed by atoms with Gasteiger partial charge in [0.1, 0.15) is 0 Å². The monoisotopic (exact) mass is 259 g/mol. The summed E-state index contributed by atoms with van der Waals surface area (Å²) in [5, 5.41) is 3.02. The van der Waals surface area contributed by atoms with E-state index in [4.69, 9.17) is 0 Å². The van der Waals surface area contributed by atoms with E-state index in [9.17, 15) is 0 Å². The molecular weight excluding hydrogens is 249 g/mol. The van der Waals surface area contributed by atoms with Gasteiger partial charge >= 0.3 is 0 Å². The number of nitrogens with one attached hydrogen (secondary N) is 1. The van der Waals surface area contributed by atoms with Crippen molar-refractivity contribution in [3.63, 3.8) is 0 Å². The van der Waals surface area contributed by atoms with Crippen molar-refractivity contribution < 1.29 is 0 Å². The zero-order chi connectivity index (χ0) is 8.27. The third-order valence-corrected chi connectivity index (χ3v) is 2.44. The highest BCUT2D eigenvalue weighted by atomic mass is 127. The summed E-state index contributed by atoms with van der Waals surface area (Å²) in [6, 6.07) is 8.16. The van der Waals surface area contributed by atoms with Crippen molar-refractivity contribution >= 4 is 28.3 Å². The van der Waals surface area contributed by atoms with Crippen LogP contribution in [-0.2, 0) is 0 Å². The van der Waals surface area contributed by atoms with Gasteiger partial charge in [-0.1, -0.05) is 24.8 Å². The molecule has 0 aliphatic heterocycles. The average Bonchev–Trinajstić information content (AvgIpc) is 2.04. The lowest BCUT2D eigenvalue weighted by Gasteiger charge is -2.05. The van der Waals surface area contributed by atoms with Crippen LogP contribution >= 0.6 is 22.6 Å². The second-order valence-electron chi connectivity index (χ2n) is 2.21. The fourth-order valence-corrected chi connectivity index (χ4v) is 1.55. The molecule has 11 heavy (non-hydrogen) atoms. The third-order valence-electron chi connectivity index (χ3n) is 1.50. The molecule has 0 aromatic heterocycles. The molecule has 0 amide bonds. The van der Waals surface area contributed by atoms with E-state index >= 15 is 0 Å². The van der Waals surface area contributed by atoms with Gasteiger partial charge in [-0.15, -0.1) is 0 Å². The summed E-state index contributed by atoms with van der Waals surface area (Å²) in [6.07, 6.45) is 0. The van der Waals surface area contributed by atoms with Crippen molar-refractivity contribution in [1.29, 1.82) is 0 Å². The maximum atomic E-state index is 3.89. The molecule has 0 fully saturated rings. The SMILES string of the molecule is C=C(NC)c1ccccc1I. The highest BCUT2D eigenvalue weighted by molar-refractivity contribution is 14.1. The molecule has 1 N–H and O–H groups in total. The average molecular weight is 259 g/mol. The van der Waals surface area contributed by atoms with Crippen molar-refractivity contribution in [2.24, 2.45) is 0 Å². The predicted octanol–water partition coefficient (Wildman–Crippen LogP) is 2.48. The van der Waals surface area contributed by atoms with Crippen LogP contribution in [0.15, 0.2) is 30.8 Å². The Morgan fingerprint density at radius 1 is 1.45 bits per heavy atom. The van der Waals surface area contributed by atoms with Gasteiger partial charge in [-0.3, -0.25) is 0 Å². The first-order valence-electron chi connectivity index (χ1n) is 3.37. The molecule has 1 aromatic carbocycles. The van der Waals surface area contributed by atoms with Gasteiger partial charge in [0, 0.05) is 21.9 Å². The molecule has 0 bridgehead atoms. The van der Waals surface area contributed by atoms with Crippen molar-refractivity contribution in [3.8, 4) is 0 Å². The summed E-state index contributed by atoms with van der Waals surface area (Å²) in [4.78, 5) is 0. The van der Waals surface area contributed by atoms with Crippen LogP contribution in [0.25, 0.3) is 5.70 Å². The number of benzene rings is 1. The predicted molar refractivity (Wildman–Crippen MR) is 57.3 cm³/mol. The molecule has 58 valence electrons. The molecule has 0 spiro atoms. The van der Waals surface area contributed by atoms with Crippen LogP contribution < -0.4 is 5.32 Å². The molecule has 0 unspecified atom stereocenters. The van der Waals surface area contributed by atoms with Crippen LogP contribution in [0.2, 0.25) is 0 Å². The minimum absolute atomic E-state index is 0.968. The van der Waals surface area contributed by atoms with Crippen LogP contribution in [0.5, 0.6) is 0 Å². The summed E-state index contributed by atoms with van der Waals surface area (Å²) in [6.45, 7) is 3.89. The summed E-state index contributed by atoms with van der Waals surface area (Å²) in [5.41, 5.74) is 2.14. The zero-order valence-electron chi connectivity index (χ0n) is 6.39. The van der Waals surface area contributed by atoms with Crippen LogP contribution in [-0.4, -0.2) is 7.05 Å². The van der Waals surface area contributed by atoms with Crippen LogP contribution in [0, 0.1) is 3.57 Å². The van der Waals surface area contributed by atoms with E-state index in [2.05, 4.69) is 46.6 Å². The van der Waals surface area contributed by atoms with E-state index in [1.807, 2.05) is 19.2 Å². The van der Waals surface area contributed by atoms with Gasteiger partial charge in [-0.05, 0) is 28.7 Å². The molecule has 1 aromatic rings. The van der Waals surface area contributed by atoms with Gasteiger partial charge in [0.15, 0.2) is 0 Å². The molecule has 1 nitrogen and oxygen atoms in total. The van der Waals surface area contributed by atoms with E-state index in [0.717, 1.165) is 5.70 Å². The second kappa shape index (κ2) is 3.76. The summed E-state index contributed by atoms with van der Waals surface area (Å²) >= 11 is 2.30. The minimum atomic E-state index is 0.968. The Balaban J connectivity index is 3.03. The maximum Gasteiger partial charge on any atom is 0.0348 e. The first-order valence-corrected chi connectivity index (χ1v) is 4.45. The Kier molecular flexibility index (Phi) is 2.93. The highest BCUT2D eigenvalue weighted by Gasteiger charge is 1.98. The lowest BCUT2D eigenvalue weighted by atomic mass is 10.2. The smallest absolute Gasteiger partial charge is 0.0348 e. The van der Waals surface area contributed by atoms with Gasteiger partial charge in [0.25, 0.3) is 0 Å². The molecule has 1 rings (SSSR count). The molecule has 0 heterocycles. The normalized spacial score (nSPS) is 9.27. The van der Waals surface area contributed by atoms with Gasteiger partial charge in [0.05, 0.1) is 0 Å².